The van der Waals surface area contributed by atoms with Crippen LogP contribution < -0.4 is 10.2 Å². The van der Waals surface area contributed by atoms with Crippen LogP contribution in [0.1, 0.15) is 48.0 Å². The number of carbonyl (C=O) groups is 2. The molecule has 4 rings (SSSR count). The summed E-state index contributed by atoms with van der Waals surface area (Å²) in [6.45, 7) is 1.78. The maximum absolute atomic E-state index is 13.1. The van der Waals surface area contributed by atoms with E-state index in [9.17, 15) is 14.0 Å². The van der Waals surface area contributed by atoms with Gasteiger partial charge in [0.2, 0.25) is 0 Å². The van der Waals surface area contributed by atoms with Gasteiger partial charge in [0.15, 0.2) is 0 Å². The highest BCUT2D eigenvalue weighted by Gasteiger charge is 2.27. The van der Waals surface area contributed by atoms with Gasteiger partial charge in [-0.1, -0.05) is 25.0 Å². The van der Waals surface area contributed by atoms with Gasteiger partial charge in [-0.15, -0.1) is 0 Å². The Balaban J connectivity index is 1.41. The van der Waals surface area contributed by atoms with Gasteiger partial charge in [-0.2, -0.15) is 0 Å². The smallest absolute Gasteiger partial charge is 0.324 e. The summed E-state index contributed by atoms with van der Waals surface area (Å²) in [6, 6.07) is 13.7. The number of rotatable bonds is 5. The molecule has 1 saturated heterocycles. The van der Waals surface area contributed by atoms with E-state index in [1.54, 1.807) is 34.1 Å². The van der Waals surface area contributed by atoms with Gasteiger partial charge in [0.25, 0.3) is 5.91 Å². The minimum Gasteiger partial charge on any atom is -0.349 e. The lowest BCUT2D eigenvalue weighted by atomic mass is 10.1. The fourth-order valence-electron chi connectivity index (χ4n) is 4.11. The number of amides is 3. The lowest BCUT2D eigenvalue weighted by Crippen LogP contribution is -2.49. The van der Waals surface area contributed by atoms with Crippen molar-refractivity contribution in [3.8, 4) is 0 Å². The van der Waals surface area contributed by atoms with Crippen molar-refractivity contribution in [2.24, 2.45) is 0 Å². The van der Waals surface area contributed by atoms with Crippen molar-refractivity contribution in [1.82, 2.24) is 10.2 Å². The number of nitrogens with zero attached hydrogens (tertiary/aromatic N) is 2. The zero-order chi connectivity index (χ0) is 20.2. The van der Waals surface area contributed by atoms with E-state index in [0.717, 1.165) is 30.5 Å². The second-order valence-corrected chi connectivity index (χ2v) is 7.84. The number of urea groups is 1. The molecule has 0 radical (unpaired) electrons. The zero-order valence-electron chi connectivity index (χ0n) is 16.4. The van der Waals surface area contributed by atoms with Crippen LogP contribution in [0.15, 0.2) is 48.5 Å². The molecular weight excluding hydrogens is 369 g/mol. The van der Waals surface area contributed by atoms with E-state index in [4.69, 9.17) is 0 Å². The predicted molar refractivity (Wildman–Crippen MR) is 110 cm³/mol. The summed E-state index contributed by atoms with van der Waals surface area (Å²) in [5, 5.41) is 3.09. The van der Waals surface area contributed by atoms with E-state index in [1.807, 2.05) is 12.1 Å². The minimum atomic E-state index is -0.280. The van der Waals surface area contributed by atoms with Gasteiger partial charge < -0.3 is 10.2 Å². The Morgan fingerprint density at radius 2 is 1.66 bits per heavy atom. The molecule has 0 bridgehead atoms. The van der Waals surface area contributed by atoms with E-state index in [0.29, 0.717) is 25.2 Å². The second-order valence-electron chi connectivity index (χ2n) is 7.84. The molecule has 0 aromatic heterocycles. The highest BCUT2D eigenvalue weighted by atomic mass is 19.1. The lowest BCUT2D eigenvalue weighted by Gasteiger charge is -2.35. The van der Waals surface area contributed by atoms with Crippen molar-refractivity contribution < 1.29 is 14.0 Å². The van der Waals surface area contributed by atoms with Gasteiger partial charge in [-0.25, -0.2) is 9.18 Å². The molecule has 1 heterocycles. The summed E-state index contributed by atoms with van der Waals surface area (Å²) >= 11 is 0. The third kappa shape index (κ3) is 4.58. The molecule has 2 aromatic rings. The molecule has 0 unspecified atom stereocenters. The van der Waals surface area contributed by atoms with Crippen LogP contribution in [0.5, 0.6) is 0 Å². The normalized spacial score (nSPS) is 17.6. The van der Waals surface area contributed by atoms with Crippen molar-refractivity contribution in [2.75, 3.05) is 18.0 Å². The summed E-state index contributed by atoms with van der Waals surface area (Å²) in [7, 11) is 0. The van der Waals surface area contributed by atoms with Crippen molar-refractivity contribution in [2.45, 2.75) is 44.7 Å². The first-order chi connectivity index (χ1) is 14.1. The summed E-state index contributed by atoms with van der Waals surface area (Å²) in [5.41, 5.74) is 2.31. The van der Waals surface area contributed by atoms with Crippen LogP contribution in [0.3, 0.4) is 0 Å². The second kappa shape index (κ2) is 8.64. The van der Waals surface area contributed by atoms with Crippen LogP contribution in [0.2, 0.25) is 0 Å². The SMILES string of the molecule is O=C(NC1CCCC1)c1ccc(N2CCCN(Cc3ccc(F)cc3)C2=O)cc1. The number of anilines is 1. The Bertz CT molecular complexity index is 861. The van der Waals surface area contributed by atoms with Crippen LogP contribution in [0, 0.1) is 5.82 Å². The Morgan fingerprint density at radius 3 is 2.34 bits per heavy atom. The molecule has 152 valence electrons. The quantitative estimate of drug-likeness (QED) is 0.819. The predicted octanol–water partition coefficient (Wildman–Crippen LogP) is 4.33. The molecule has 1 aliphatic heterocycles. The highest BCUT2D eigenvalue weighted by Crippen LogP contribution is 2.23. The van der Waals surface area contributed by atoms with Crippen LogP contribution in [0.4, 0.5) is 14.9 Å². The summed E-state index contributed by atoms with van der Waals surface area (Å²) in [6.07, 6.45) is 5.31. The number of hydrogen-bond donors (Lipinski definition) is 1. The standard InChI is InChI=1S/C23H26FN3O2/c24-19-10-6-17(7-11-19)16-26-14-3-15-27(23(26)29)21-12-8-18(9-13-21)22(28)25-20-4-1-2-5-20/h6-13,20H,1-5,14-16H2,(H,25,28). The molecule has 1 N–H and O–H groups in total. The third-order valence-electron chi connectivity index (χ3n) is 5.73. The molecule has 5 nitrogen and oxygen atoms in total. The van der Waals surface area contributed by atoms with Crippen molar-refractivity contribution in [3.05, 3.63) is 65.5 Å². The van der Waals surface area contributed by atoms with Crippen LogP contribution >= 0.6 is 0 Å². The maximum atomic E-state index is 13.1. The summed E-state index contributed by atoms with van der Waals surface area (Å²) < 4.78 is 13.1. The molecule has 6 heteroatoms. The molecule has 1 aliphatic carbocycles. The largest absolute Gasteiger partial charge is 0.349 e. The maximum Gasteiger partial charge on any atom is 0.324 e. The Morgan fingerprint density at radius 1 is 0.966 bits per heavy atom. The molecule has 3 amide bonds. The number of nitrogens with one attached hydrogen (secondary N) is 1. The van der Waals surface area contributed by atoms with E-state index in [-0.39, 0.29) is 23.8 Å². The first-order valence-corrected chi connectivity index (χ1v) is 10.3. The molecular formula is C23H26FN3O2. The fraction of sp³-hybridized carbons (Fsp3) is 0.391. The van der Waals surface area contributed by atoms with Crippen molar-refractivity contribution in [3.63, 3.8) is 0 Å². The van der Waals surface area contributed by atoms with Crippen LogP contribution in [-0.4, -0.2) is 36.0 Å². The van der Waals surface area contributed by atoms with Gasteiger partial charge in [0, 0.05) is 36.9 Å². The molecule has 0 spiro atoms. The van der Waals surface area contributed by atoms with Gasteiger partial charge in [0.05, 0.1) is 0 Å². The van der Waals surface area contributed by atoms with Crippen molar-refractivity contribution >= 4 is 17.6 Å². The van der Waals surface area contributed by atoms with E-state index < -0.39 is 0 Å². The van der Waals surface area contributed by atoms with Crippen molar-refractivity contribution in [1.29, 1.82) is 0 Å². The number of halogens is 1. The van der Waals surface area contributed by atoms with E-state index in [2.05, 4.69) is 5.32 Å². The number of hydrogen-bond acceptors (Lipinski definition) is 2. The topological polar surface area (TPSA) is 52.7 Å². The van der Waals surface area contributed by atoms with E-state index in [1.165, 1.54) is 25.0 Å². The Labute approximate surface area is 170 Å². The first kappa shape index (κ1) is 19.4. The van der Waals surface area contributed by atoms with Gasteiger partial charge in [-0.05, 0) is 61.2 Å². The fourth-order valence-corrected chi connectivity index (χ4v) is 4.11. The molecule has 0 atom stereocenters. The van der Waals surface area contributed by atoms with Crippen LogP contribution in [-0.2, 0) is 6.54 Å². The van der Waals surface area contributed by atoms with Crippen LogP contribution in [0.25, 0.3) is 0 Å². The van der Waals surface area contributed by atoms with Gasteiger partial charge in [0.1, 0.15) is 5.82 Å². The van der Waals surface area contributed by atoms with E-state index >= 15 is 0 Å². The Kier molecular flexibility index (Phi) is 5.79. The summed E-state index contributed by atoms with van der Waals surface area (Å²) in [5.74, 6) is -0.330. The average Bonchev–Trinajstić information content (AvgIpc) is 3.24. The number of benzene rings is 2. The molecule has 29 heavy (non-hydrogen) atoms. The lowest BCUT2D eigenvalue weighted by molar-refractivity contribution is 0.0938. The van der Waals surface area contributed by atoms with Gasteiger partial charge in [-0.3, -0.25) is 9.69 Å². The monoisotopic (exact) mass is 395 g/mol. The molecule has 2 fully saturated rings. The minimum absolute atomic E-state index is 0.0497. The molecule has 2 aromatic carbocycles. The summed E-state index contributed by atoms with van der Waals surface area (Å²) in [4.78, 5) is 28.9. The van der Waals surface area contributed by atoms with Gasteiger partial charge >= 0.3 is 6.03 Å². The average molecular weight is 395 g/mol. The first-order valence-electron chi connectivity index (χ1n) is 10.3. The third-order valence-corrected chi connectivity index (χ3v) is 5.73. The zero-order valence-corrected chi connectivity index (χ0v) is 16.4. The molecule has 2 aliphatic rings. The molecule has 1 saturated carbocycles. The number of carbonyl (C=O) groups excluding carboxylic acids is 2. The Hall–Kier alpha value is -2.89. The highest BCUT2D eigenvalue weighted by molar-refractivity contribution is 5.96.